The minimum atomic E-state index is 0.347. The summed E-state index contributed by atoms with van der Waals surface area (Å²) in [5.74, 6) is 0. The van der Waals surface area contributed by atoms with Crippen molar-refractivity contribution in [2.45, 2.75) is 63.6 Å². The predicted octanol–water partition coefficient (Wildman–Crippen LogP) is 4.00. The Bertz CT molecular complexity index is 221. The summed E-state index contributed by atoms with van der Waals surface area (Å²) in [7, 11) is 0. The summed E-state index contributed by atoms with van der Waals surface area (Å²) in [6, 6.07) is 0. The maximum absolute atomic E-state index is 6.13. The smallest absolute Gasteiger partial charge is 0.0797 e. The molecule has 15 heavy (non-hydrogen) atoms. The zero-order chi connectivity index (χ0) is 10.3. The molecule has 0 bridgehead atoms. The zero-order valence-electron chi connectivity index (χ0n) is 9.53. The standard InChI is InChI=1S/C14H22O/c1-2-5-9-13(10-6-3-1)15-14-11-7-4-8-12-14/h4,7-8,11,13-14H,1-3,5-6,9-10,12H2. The first kappa shape index (κ1) is 10.9. The molecule has 0 radical (unpaired) electrons. The summed E-state index contributed by atoms with van der Waals surface area (Å²) in [5, 5.41) is 0. The molecule has 2 aliphatic carbocycles. The van der Waals surface area contributed by atoms with Crippen molar-refractivity contribution in [2.24, 2.45) is 0 Å². The molecule has 1 fully saturated rings. The van der Waals surface area contributed by atoms with Crippen LogP contribution in [0.2, 0.25) is 0 Å². The molecule has 0 amide bonds. The molecule has 0 N–H and O–H groups in total. The van der Waals surface area contributed by atoms with Crippen LogP contribution in [0.4, 0.5) is 0 Å². The molecule has 2 aliphatic rings. The van der Waals surface area contributed by atoms with Gasteiger partial charge in [-0.15, -0.1) is 0 Å². The van der Waals surface area contributed by atoms with Crippen LogP contribution in [0, 0.1) is 0 Å². The van der Waals surface area contributed by atoms with Crippen LogP contribution in [0.3, 0.4) is 0 Å². The van der Waals surface area contributed by atoms with Gasteiger partial charge in [-0.2, -0.15) is 0 Å². The summed E-state index contributed by atoms with van der Waals surface area (Å²) in [6.07, 6.45) is 20.0. The molecule has 0 spiro atoms. The van der Waals surface area contributed by atoms with Crippen molar-refractivity contribution < 1.29 is 4.74 Å². The average Bonchev–Trinajstić information content (AvgIpc) is 2.23. The van der Waals surface area contributed by atoms with Gasteiger partial charge in [-0.05, 0) is 19.3 Å². The molecule has 84 valence electrons. The van der Waals surface area contributed by atoms with Crippen molar-refractivity contribution in [3.63, 3.8) is 0 Å². The second-order valence-corrected chi connectivity index (χ2v) is 4.69. The van der Waals surface area contributed by atoms with Crippen molar-refractivity contribution in [2.75, 3.05) is 0 Å². The van der Waals surface area contributed by atoms with Crippen LogP contribution in [-0.4, -0.2) is 12.2 Å². The minimum Gasteiger partial charge on any atom is -0.371 e. The van der Waals surface area contributed by atoms with E-state index in [1.807, 2.05) is 0 Å². The SMILES string of the molecule is C1=CCC(OC2CCCCCCC2)C=C1. The molecule has 0 heterocycles. The lowest BCUT2D eigenvalue weighted by atomic mass is 9.98. The second kappa shape index (κ2) is 6.12. The Morgan fingerprint density at radius 1 is 0.867 bits per heavy atom. The number of hydrogen-bond donors (Lipinski definition) is 0. The molecular formula is C14H22O. The van der Waals surface area contributed by atoms with Crippen molar-refractivity contribution in [1.29, 1.82) is 0 Å². The van der Waals surface area contributed by atoms with Crippen LogP contribution in [0.25, 0.3) is 0 Å². The molecule has 1 unspecified atom stereocenters. The van der Waals surface area contributed by atoms with Crippen LogP contribution in [-0.2, 0) is 4.74 Å². The Labute approximate surface area is 93.2 Å². The quantitative estimate of drug-likeness (QED) is 0.663. The first-order valence-electron chi connectivity index (χ1n) is 6.44. The second-order valence-electron chi connectivity index (χ2n) is 4.69. The molecule has 0 aromatic carbocycles. The van der Waals surface area contributed by atoms with Crippen molar-refractivity contribution in [3.8, 4) is 0 Å². The van der Waals surface area contributed by atoms with Gasteiger partial charge >= 0.3 is 0 Å². The molecule has 1 saturated carbocycles. The lowest BCUT2D eigenvalue weighted by Gasteiger charge is -2.24. The van der Waals surface area contributed by atoms with Gasteiger partial charge in [0.1, 0.15) is 0 Å². The fourth-order valence-corrected chi connectivity index (χ4v) is 2.46. The van der Waals surface area contributed by atoms with E-state index in [9.17, 15) is 0 Å². The number of allylic oxidation sites excluding steroid dienone is 2. The van der Waals surface area contributed by atoms with Crippen molar-refractivity contribution >= 4 is 0 Å². The fourth-order valence-electron chi connectivity index (χ4n) is 2.46. The van der Waals surface area contributed by atoms with Gasteiger partial charge in [-0.3, -0.25) is 0 Å². The van der Waals surface area contributed by atoms with Crippen LogP contribution >= 0.6 is 0 Å². The van der Waals surface area contributed by atoms with Crippen LogP contribution < -0.4 is 0 Å². The molecular weight excluding hydrogens is 184 g/mol. The van der Waals surface area contributed by atoms with E-state index in [1.165, 1.54) is 44.9 Å². The van der Waals surface area contributed by atoms with Gasteiger partial charge in [0.15, 0.2) is 0 Å². The number of hydrogen-bond acceptors (Lipinski definition) is 1. The zero-order valence-corrected chi connectivity index (χ0v) is 9.53. The molecule has 1 atom stereocenters. The molecule has 0 aromatic rings. The van der Waals surface area contributed by atoms with E-state index >= 15 is 0 Å². The molecule has 0 saturated heterocycles. The molecule has 0 aliphatic heterocycles. The van der Waals surface area contributed by atoms with Gasteiger partial charge in [-0.25, -0.2) is 0 Å². The van der Waals surface area contributed by atoms with E-state index in [-0.39, 0.29) is 0 Å². The molecule has 2 rings (SSSR count). The molecule has 1 nitrogen and oxygen atoms in total. The van der Waals surface area contributed by atoms with E-state index in [2.05, 4.69) is 24.3 Å². The topological polar surface area (TPSA) is 9.23 Å². The lowest BCUT2D eigenvalue weighted by molar-refractivity contribution is 0.0000268. The maximum Gasteiger partial charge on any atom is 0.0797 e. The highest BCUT2D eigenvalue weighted by Gasteiger charge is 2.15. The normalized spacial score (nSPS) is 28.7. The third-order valence-electron chi connectivity index (χ3n) is 3.36. The van der Waals surface area contributed by atoms with Crippen molar-refractivity contribution in [3.05, 3.63) is 24.3 Å². The van der Waals surface area contributed by atoms with Gasteiger partial charge in [0.05, 0.1) is 12.2 Å². The predicted molar refractivity (Wildman–Crippen MR) is 63.9 cm³/mol. The van der Waals surface area contributed by atoms with Crippen LogP contribution in [0.1, 0.15) is 51.4 Å². The van der Waals surface area contributed by atoms with Crippen LogP contribution in [0.15, 0.2) is 24.3 Å². The first-order chi connectivity index (χ1) is 7.45. The van der Waals surface area contributed by atoms with E-state index < -0.39 is 0 Å². The Morgan fingerprint density at radius 3 is 2.27 bits per heavy atom. The van der Waals surface area contributed by atoms with E-state index in [0.29, 0.717) is 12.2 Å². The van der Waals surface area contributed by atoms with Gasteiger partial charge in [0.2, 0.25) is 0 Å². The summed E-state index contributed by atoms with van der Waals surface area (Å²) < 4.78 is 6.13. The van der Waals surface area contributed by atoms with Gasteiger partial charge in [0, 0.05) is 0 Å². The molecule has 0 aromatic heterocycles. The highest BCUT2D eigenvalue weighted by Crippen LogP contribution is 2.22. The van der Waals surface area contributed by atoms with Crippen molar-refractivity contribution in [1.82, 2.24) is 0 Å². The van der Waals surface area contributed by atoms with E-state index in [1.54, 1.807) is 0 Å². The molecule has 1 heteroatoms. The summed E-state index contributed by atoms with van der Waals surface area (Å²) >= 11 is 0. The fraction of sp³-hybridized carbons (Fsp3) is 0.714. The largest absolute Gasteiger partial charge is 0.371 e. The Kier molecular flexibility index (Phi) is 4.46. The third kappa shape index (κ3) is 3.83. The number of rotatable bonds is 2. The minimum absolute atomic E-state index is 0.347. The summed E-state index contributed by atoms with van der Waals surface area (Å²) in [6.45, 7) is 0. The highest BCUT2D eigenvalue weighted by atomic mass is 16.5. The average molecular weight is 206 g/mol. The van der Waals surface area contributed by atoms with Gasteiger partial charge < -0.3 is 4.74 Å². The Balaban J connectivity index is 1.76. The summed E-state index contributed by atoms with van der Waals surface area (Å²) in [5.41, 5.74) is 0. The lowest BCUT2D eigenvalue weighted by Crippen LogP contribution is -2.22. The van der Waals surface area contributed by atoms with Crippen LogP contribution in [0.5, 0.6) is 0 Å². The maximum atomic E-state index is 6.13. The van der Waals surface area contributed by atoms with E-state index in [0.717, 1.165) is 6.42 Å². The first-order valence-corrected chi connectivity index (χ1v) is 6.44. The van der Waals surface area contributed by atoms with E-state index in [4.69, 9.17) is 4.74 Å². The Hall–Kier alpha value is -0.560. The van der Waals surface area contributed by atoms with Gasteiger partial charge in [-0.1, -0.05) is 56.4 Å². The monoisotopic (exact) mass is 206 g/mol. The summed E-state index contributed by atoms with van der Waals surface area (Å²) in [4.78, 5) is 0. The number of ether oxygens (including phenoxy) is 1. The highest BCUT2D eigenvalue weighted by molar-refractivity contribution is 5.11. The third-order valence-corrected chi connectivity index (χ3v) is 3.36. The van der Waals surface area contributed by atoms with Gasteiger partial charge in [0.25, 0.3) is 0 Å². The Morgan fingerprint density at radius 2 is 1.60 bits per heavy atom.